The highest BCUT2D eigenvalue weighted by Crippen LogP contribution is 2.36. The van der Waals surface area contributed by atoms with Crippen LogP contribution in [0.25, 0.3) is 0 Å². The van der Waals surface area contributed by atoms with E-state index in [1.165, 1.54) is 29.2 Å². The number of nitrogens with zero attached hydrogens (tertiary/aromatic N) is 1. The second-order valence-electron chi connectivity index (χ2n) is 3.69. The van der Waals surface area contributed by atoms with Crippen LogP contribution in [0.15, 0.2) is 32.8 Å². The first kappa shape index (κ1) is 12.5. The number of aromatic nitrogens is 1. The van der Waals surface area contributed by atoms with Crippen molar-refractivity contribution in [3.8, 4) is 0 Å². The number of aliphatic hydroxyl groups is 1. The van der Waals surface area contributed by atoms with Crippen molar-refractivity contribution in [2.24, 2.45) is 0 Å². The predicted molar refractivity (Wildman–Crippen MR) is 68.0 cm³/mol. The van der Waals surface area contributed by atoms with E-state index in [9.17, 15) is 9.50 Å². The van der Waals surface area contributed by atoms with Gasteiger partial charge in [-0.05, 0) is 25.5 Å². The highest BCUT2D eigenvalue weighted by Gasteiger charge is 2.15. The number of aliphatic hydroxyl groups excluding tert-OH is 1. The molecule has 1 aromatic heterocycles. The van der Waals surface area contributed by atoms with Crippen LogP contribution in [0, 0.1) is 12.7 Å². The summed E-state index contributed by atoms with van der Waals surface area (Å²) < 4.78 is 14.5. The Kier molecular flexibility index (Phi) is 3.81. The Balaban J connectivity index is 2.37. The van der Waals surface area contributed by atoms with Gasteiger partial charge in [0.15, 0.2) is 4.34 Å². The lowest BCUT2D eigenvalue weighted by Crippen LogP contribution is -1.96. The number of hydrogen-bond donors (Lipinski definition) is 1. The Morgan fingerprint density at radius 1 is 1.47 bits per heavy atom. The molecule has 0 aliphatic heterocycles. The summed E-state index contributed by atoms with van der Waals surface area (Å²) in [5.74, 6) is -0.318. The summed E-state index contributed by atoms with van der Waals surface area (Å²) >= 11 is 2.74. The Bertz CT molecular complexity index is 525. The van der Waals surface area contributed by atoms with Gasteiger partial charge in [0.25, 0.3) is 0 Å². The van der Waals surface area contributed by atoms with Crippen LogP contribution in [-0.2, 0) is 0 Å². The molecule has 0 radical (unpaired) electrons. The number of halogens is 1. The first-order valence-electron chi connectivity index (χ1n) is 5.14. The lowest BCUT2D eigenvalue weighted by molar-refractivity contribution is 0.195. The molecular weight excluding hydrogens is 257 g/mol. The van der Waals surface area contributed by atoms with E-state index in [0.717, 1.165) is 10.0 Å². The van der Waals surface area contributed by atoms with Gasteiger partial charge in [-0.15, -0.1) is 11.3 Å². The molecule has 1 N–H and O–H groups in total. The number of aryl methyl sites for hydroxylation is 1. The summed E-state index contributed by atoms with van der Waals surface area (Å²) in [4.78, 5) is 4.74. The van der Waals surface area contributed by atoms with Gasteiger partial charge in [-0.3, -0.25) is 0 Å². The lowest BCUT2D eigenvalue weighted by atomic mass is 10.1. The van der Waals surface area contributed by atoms with Crippen molar-refractivity contribution in [2.45, 2.75) is 29.2 Å². The summed E-state index contributed by atoms with van der Waals surface area (Å²) in [6.07, 6.45) is -0.686. The smallest absolute Gasteiger partial charge is 0.155 e. The van der Waals surface area contributed by atoms with Crippen molar-refractivity contribution >= 4 is 23.1 Å². The van der Waals surface area contributed by atoms with Crippen LogP contribution in [0.5, 0.6) is 0 Å². The van der Waals surface area contributed by atoms with Gasteiger partial charge in [0.05, 0.1) is 11.0 Å². The quantitative estimate of drug-likeness (QED) is 0.920. The molecule has 0 unspecified atom stereocenters. The molecule has 0 fully saturated rings. The molecule has 1 atom stereocenters. The van der Waals surface area contributed by atoms with E-state index in [0.29, 0.717) is 10.5 Å². The van der Waals surface area contributed by atoms with E-state index >= 15 is 0 Å². The van der Waals surface area contributed by atoms with Gasteiger partial charge < -0.3 is 5.11 Å². The fourth-order valence-electron chi connectivity index (χ4n) is 1.43. The molecule has 0 amide bonds. The average molecular weight is 269 g/mol. The van der Waals surface area contributed by atoms with Crippen molar-refractivity contribution in [3.05, 3.63) is 40.7 Å². The minimum atomic E-state index is -0.686. The van der Waals surface area contributed by atoms with Crippen molar-refractivity contribution in [3.63, 3.8) is 0 Å². The Morgan fingerprint density at radius 3 is 2.82 bits per heavy atom. The SMILES string of the molecule is Cc1csc(Sc2c(F)cccc2[C@H](C)O)n1. The fraction of sp³-hybridized carbons (Fsp3) is 0.250. The first-order chi connectivity index (χ1) is 8.08. The molecule has 0 aliphatic rings. The summed E-state index contributed by atoms with van der Waals surface area (Å²) in [5, 5.41) is 11.5. The van der Waals surface area contributed by atoms with Crippen LogP contribution in [0.3, 0.4) is 0 Å². The van der Waals surface area contributed by atoms with Gasteiger partial charge in [0, 0.05) is 11.1 Å². The molecule has 0 saturated carbocycles. The minimum Gasteiger partial charge on any atom is -0.389 e. The topological polar surface area (TPSA) is 33.1 Å². The summed E-state index contributed by atoms with van der Waals surface area (Å²) in [7, 11) is 0. The zero-order valence-electron chi connectivity index (χ0n) is 9.48. The van der Waals surface area contributed by atoms with Gasteiger partial charge in [0.2, 0.25) is 0 Å². The Morgan fingerprint density at radius 2 is 2.24 bits per heavy atom. The molecule has 5 heteroatoms. The molecule has 2 aromatic rings. The standard InChI is InChI=1S/C12H12FNOS2/c1-7-6-16-12(14-7)17-11-9(8(2)15)4-3-5-10(11)13/h3-6,8,15H,1-2H3/t8-/m0/s1. The number of hydrogen-bond acceptors (Lipinski definition) is 4. The maximum Gasteiger partial charge on any atom is 0.155 e. The van der Waals surface area contributed by atoms with E-state index in [4.69, 9.17) is 0 Å². The largest absolute Gasteiger partial charge is 0.389 e. The predicted octanol–water partition coefficient (Wildman–Crippen LogP) is 3.80. The molecule has 17 heavy (non-hydrogen) atoms. The van der Waals surface area contributed by atoms with E-state index in [2.05, 4.69) is 4.98 Å². The maximum absolute atomic E-state index is 13.7. The molecule has 90 valence electrons. The molecule has 0 spiro atoms. The van der Waals surface area contributed by atoms with E-state index in [1.54, 1.807) is 19.1 Å². The zero-order chi connectivity index (χ0) is 12.4. The first-order valence-corrected chi connectivity index (χ1v) is 6.84. The van der Waals surface area contributed by atoms with Gasteiger partial charge in [-0.2, -0.15) is 0 Å². The van der Waals surface area contributed by atoms with Crippen molar-refractivity contribution < 1.29 is 9.50 Å². The Labute approximate surface area is 108 Å². The van der Waals surface area contributed by atoms with Crippen LogP contribution in [0.2, 0.25) is 0 Å². The average Bonchev–Trinajstić information content (AvgIpc) is 2.67. The second-order valence-corrected chi connectivity index (χ2v) is 5.81. The van der Waals surface area contributed by atoms with Crippen molar-refractivity contribution in [1.82, 2.24) is 4.98 Å². The summed E-state index contributed by atoms with van der Waals surface area (Å²) in [6, 6.07) is 4.74. The fourth-order valence-corrected chi connectivity index (χ4v) is 3.42. The van der Waals surface area contributed by atoms with Crippen molar-refractivity contribution in [2.75, 3.05) is 0 Å². The van der Waals surface area contributed by atoms with E-state index < -0.39 is 6.10 Å². The zero-order valence-corrected chi connectivity index (χ0v) is 11.1. The van der Waals surface area contributed by atoms with Gasteiger partial charge in [-0.1, -0.05) is 23.9 Å². The third-order valence-corrected chi connectivity index (χ3v) is 4.43. The monoisotopic (exact) mass is 269 g/mol. The highest BCUT2D eigenvalue weighted by atomic mass is 32.2. The van der Waals surface area contributed by atoms with Crippen LogP contribution in [0.4, 0.5) is 4.39 Å². The van der Waals surface area contributed by atoms with Crippen LogP contribution in [-0.4, -0.2) is 10.1 Å². The maximum atomic E-state index is 13.7. The normalized spacial score (nSPS) is 12.7. The summed E-state index contributed by atoms with van der Waals surface area (Å²) in [5.41, 5.74) is 1.52. The van der Waals surface area contributed by atoms with Crippen LogP contribution >= 0.6 is 23.1 Å². The molecule has 1 aromatic carbocycles. The third-order valence-electron chi connectivity index (χ3n) is 2.23. The van der Waals surface area contributed by atoms with Gasteiger partial charge in [0.1, 0.15) is 5.82 Å². The lowest BCUT2D eigenvalue weighted by Gasteiger charge is -2.10. The summed E-state index contributed by atoms with van der Waals surface area (Å²) in [6.45, 7) is 3.53. The van der Waals surface area contributed by atoms with E-state index in [1.807, 2.05) is 12.3 Å². The molecule has 1 heterocycles. The minimum absolute atomic E-state index is 0.318. The molecule has 0 bridgehead atoms. The molecule has 0 saturated heterocycles. The number of rotatable bonds is 3. The van der Waals surface area contributed by atoms with Crippen molar-refractivity contribution in [1.29, 1.82) is 0 Å². The highest BCUT2D eigenvalue weighted by molar-refractivity contribution is 8.01. The third kappa shape index (κ3) is 2.86. The van der Waals surface area contributed by atoms with Gasteiger partial charge in [-0.25, -0.2) is 9.37 Å². The Hall–Kier alpha value is -0.910. The van der Waals surface area contributed by atoms with Crippen LogP contribution in [0.1, 0.15) is 24.3 Å². The number of thiazole rings is 1. The number of benzene rings is 1. The molecule has 2 rings (SSSR count). The molecular formula is C12H12FNOS2. The second kappa shape index (κ2) is 5.16. The molecule has 2 nitrogen and oxygen atoms in total. The van der Waals surface area contributed by atoms with Crippen LogP contribution < -0.4 is 0 Å². The van der Waals surface area contributed by atoms with Gasteiger partial charge >= 0.3 is 0 Å². The van der Waals surface area contributed by atoms with E-state index in [-0.39, 0.29) is 5.82 Å². The molecule has 0 aliphatic carbocycles.